The van der Waals surface area contributed by atoms with Gasteiger partial charge in [-0.05, 0) is 50.6 Å². The Kier molecular flexibility index (Phi) is 7.29. The van der Waals surface area contributed by atoms with Gasteiger partial charge in [0.15, 0.2) is 0 Å². The number of aliphatic hydroxyl groups excluding tert-OH is 1. The standard InChI is InChI=1S/C16H31NO3S/c1-12(13(2)17-7-4-15(18)5-8-17)10-14-11-19-9-6-16(14)20-21-3/h12-16,18H,4-11H2,1-3H3. The monoisotopic (exact) mass is 317 g/mol. The number of aliphatic hydroxyl groups is 1. The Morgan fingerprint density at radius 3 is 2.67 bits per heavy atom. The van der Waals surface area contributed by atoms with E-state index in [0.717, 1.165) is 52.0 Å². The molecule has 0 bridgehead atoms. The van der Waals surface area contributed by atoms with Crippen molar-refractivity contribution in [3.8, 4) is 0 Å². The van der Waals surface area contributed by atoms with Crippen LogP contribution in [0.2, 0.25) is 0 Å². The highest BCUT2D eigenvalue weighted by Crippen LogP contribution is 2.30. The molecule has 2 aliphatic rings. The van der Waals surface area contributed by atoms with Gasteiger partial charge in [0.2, 0.25) is 0 Å². The second kappa shape index (κ2) is 8.73. The van der Waals surface area contributed by atoms with Crippen molar-refractivity contribution in [1.29, 1.82) is 0 Å². The highest BCUT2D eigenvalue weighted by Gasteiger charge is 2.31. The molecule has 5 heteroatoms. The van der Waals surface area contributed by atoms with E-state index in [9.17, 15) is 5.11 Å². The number of likely N-dealkylation sites (tertiary alicyclic amines) is 1. The number of hydrogen-bond donors (Lipinski definition) is 1. The second-order valence-electron chi connectivity index (χ2n) is 6.65. The summed E-state index contributed by atoms with van der Waals surface area (Å²) in [6, 6.07) is 0.564. The van der Waals surface area contributed by atoms with E-state index in [-0.39, 0.29) is 6.10 Å². The van der Waals surface area contributed by atoms with Crippen LogP contribution < -0.4 is 0 Å². The maximum Gasteiger partial charge on any atom is 0.0794 e. The largest absolute Gasteiger partial charge is 0.393 e. The molecule has 0 aliphatic carbocycles. The molecule has 2 fully saturated rings. The lowest BCUT2D eigenvalue weighted by Crippen LogP contribution is -2.45. The molecule has 21 heavy (non-hydrogen) atoms. The van der Waals surface area contributed by atoms with E-state index >= 15 is 0 Å². The Hall–Kier alpha value is 0.190. The van der Waals surface area contributed by atoms with Crippen LogP contribution in [0, 0.1) is 11.8 Å². The van der Waals surface area contributed by atoms with Gasteiger partial charge in [-0.1, -0.05) is 6.92 Å². The van der Waals surface area contributed by atoms with Crippen LogP contribution in [0.3, 0.4) is 0 Å². The topological polar surface area (TPSA) is 41.9 Å². The maximum absolute atomic E-state index is 9.64. The SMILES string of the molecule is CSOC1CCOCC1CC(C)C(C)N1CCC(O)CC1. The Labute approximate surface area is 133 Å². The molecule has 2 aliphatic heterocycles. The summed E-state index contributed by atoms with van der Waals surface area (Å²) in [6.07, 6.45) is 6.26. The number of ether oxygens (including phenoxy) is 1. The molecule has 124 valence electrons. The lowest BCUT2D eigenvalue weighted by molar-refractivity contribution is -0.0304. The van der Waals surface area contributed by atoms with E-state index in [4.69, 9.17) is 8.92 Å². The van der Waals surface area contributed by atoms with Gasteiger partial charge in [-0.25, -0.2) is 0 Å². The molecule has 2 rings (SSSR count). The summed E-state index contributed by atoms with van der Waals surface area (Å²) in [5.74, 6) is 1.14. The summed E-state index contributed by atoms with van der Waals surface area (Å²) in [6.45, 7) is 8.39. The normalized spacial score (nSPS) is 32.0. The summed E-state index contributed by atoms with van der Waals surface area (Å²) in [7, 11) is 0. The predicted octanol–water partition coefficient (Wildman–Crippen LogP) is 2.56. The van der Waals surface area contributed by atoms with Gasteiger partial charge in [-0.2, -0.15) is 0 Å². The fourth-order valence-electron chi connectivity index (χ4n) is 3.57. The molecule has 0 amide bonds. The van der Waals surface area contributed by atoms with Crippen molar-refractivity contribution < 1.29 is 14.0 Å². The van der Waals surface area contributed by atoms with Crippen LogP contribution in [0.25, 0.3) is 0 Å². The average molecular weight is 317 g/mol. The van der Waals surface area contributed by atoms with Crippen molar-refractivity contribution in [2.75, 3.05) is 32.6 Å². The van der Waals surface area contributed by atoms with Gasteiger partial charge in [0.05, 0.1) is 18.8 Å². The van der Waals surface area contributed by atoms with E-state index in [2.05, 4.69) is 18.7 Å². The van der Waals surface area contributed by atoms with Crippen molar-refractivity contribution in [2.24, 2.45) is 11.8 Å². The average Bonchev–Trinajstić information content (AvgIpc) is 2.49. The van der Waals surface area contributed by atoms with Gasteiger partial charge in [-0.15, -0.1) is 0 Å². The van der Waals surface area contributed by atoms with E-state index < -0.39 is 0 Å². The van der Waals surface area contributed by atoms with Gasteiger partial charge in [0.25, 0.3) is 0 Å². The van der Waals surface area contributed by atoms with E-state index in [0.29, 0.717) is 24.0 Å². The first-order valence-corrected chi connectivity index (χ1v) is 9.46. The molecule has 0 radical (unpaired) electrons. The fourth-order valence-corrected chi connectivity index (χ4v) is 4.08. The first-order chi connectivity index (χ1) is 10.1. The smallest absolute Gasteiger partial charge is 0.0794 e. The number of nitrogens with zero attached hydrogens (tertiary/aromatic N) is 1. The molecule has 2 saturated heterocycles. The maximum atomic E-state index is 9.64. The molecule has 0 aromatic carbocycles. The van der Waals surface area contributed by atoms with Gasteiger partial charge in [0, 0.05) is 37.9 Å². The van der Waals surface area contributed by atoms with Crippen molar-refractivity contribution in [3.05, 3.63) is 0 Å². The molecular weight excluding hydrogens is 286 g/mol. The van der Waals surface area contributed by atoms with Crippen LogP contribution in [-0.4, -0.2) is 60.8 Å². The molecule has 1 N–H and O–H groups in total. The zero-order chi connectivity index (χ0) is 15.2. The molecule has 4 unspecified atom stereocenters. The highest BCUT2D eigenvalue weighted by molar-refractivity contribution is 7.93. The molecule has 0 aromatic rings. The Morgan fingerprint density at radius 2 is 2.00 bits per heavy atom. The van der Waals surface area contributed by atoms with E-state index in [1.165, 1.54) is 12.0 Å². The number of piperidine rings is 1. The lowest BCUT2D eigenvalue weighted by atomic mass is 9.85. The minimum absolute atomic E-state index is 0.0881. The Bertz CT molecular complexity index is 295. The van der Waals surface area contributed by atoms with Gasteiger partial charge in [0.1, 0.15) is 0 Å². The first kappa shape index (κ1) is 17.5. The molecule has 4 atom stereocenters. The quantitative estimate of drug-likeness (QED) is 0.763. The number of hydrogen-bond acceptors (Lipinski definition) is 5. The molecule has 0 spiro atoms. The van der Waals surface area contributed by atoms with Crippen LogP contribution in [0.15, 0.2) is 0 Å². The van der Waals surface area contributed by atoms with Crippen molar-refractivity contribution >= 4 is 12.0 Å². The fraction of sp³-hybridized carbons (Fsp3) is 1.00. The molecule has 0 saturated carbocycles. The number of rotatable bonds is 6. The van der Waals surface area contributed by atoms with Crippen LogP contribution in [0.1, 0.15) is 39.5 Å². The van der Waals surface area contributed by atoms with Crippen molar-refractivity contribution in [1.82, 2.24) is 4.90 Å². The Morgan fingerprint density at radius 1 is 1.29 bits per heavy atom. The van der Waals surface area contributed by atoms with E-state index in [1.807, 2.05) is 6.26 Å². The minimum atomic E-state index is -0.0881. The first-order valence-electron chi connectivity index (χ1n) is 8.31. The lowest BCUT2D eigenvalue weighted by Gasteiger charge is -2.39. The summed E-state index contributed by atoms with van der Waals surface area (Å²) >= 11 is 1.48. The van der Waals surface area contributed by atoms with Crippen LogP contribution in [-0.2, 0) is 8.92 Å². The zero-order valence-corrected chi connectivity index (χ0v) is 14.5. The molecule has 0 aromatic heterocycles. The van der Waals surface area contributed by atoms with Gasteiger partial charge < -0.3 is 18.9 Å². The second-order valence-corrected chi connectivity index (χ2v) is 7.17. The van der Waals surface area contributed by atoms with Crippen LogP contribution >= 0.6 is 12.0 Å². The summed E-state index contributed by atoms with van der Waals surface area (Å²) in [4.78, 5) is 2.53. The summed E-state index contributed by atoms with van der Waals surface area (Å²) in [5, 5.41) is 9.64. The third-order valence-electron chi connectivity index (χ3n) is 5.20. The molecular formula is C16H31NO3S. The highest BCUT2D eigenvalue weighted by atomic mass is 32.2. The third kappa shape index (κ3) is 5.10. The van der Waals surface area contributed by atoms with Crippen LogP contribution in [0.4, 0.5) is 0 Å². The third-order valence-corrected chi connectivity index (χ3v) is 5.64. The van der Waals surface area contributed by atoms with E-state index in [1.54, 1.807) is 0 Å². The summed E-state index contributed by atoms with van der Waals surface area (Å²) < 4.78 is 11.5. The summed E-state index contributed by atoms with van der Waals surface area (Å²) in [5.41, 5.74) is 0. The molecule has 4 nitrogen and oxygen atoms in total. The van der Waals surface area contributed by atoms with Crippen LogP contribution in [0.5, 0.6) is 0 Å². The zero-order valence-electron chi connectivity index (χ0n) is 13.7. The van der Waals surface area contributed by atoms with Crippen molar-refractivity contribution in [3.63, 3.8) is 0 Å². The predicted molar refractivity (Wildman–Crippen MR) is 87.4 cm³/mol. The molecule has 2 heterocycles. The van der Waals surface area contributed by atoms with Gasteiger partial charge >= 0.3 is 0 Å². The van der Waals surface area contributed by atoms with Crippen molar-refractivity contribution in [2.45, 2.75) is 57.8 Å². The minimum Gasteiger partial charge on any atom is -0.393 e. The Balaban J connectivity index is 1.82. The van der Waals surface area contributed by atoms with Gasteiger partial charge in [-0.3, -0.25) is 0 Å².